The molecule has 3 nitrogen and oxygen atoms in total. The first kappa shape index (κ1) is 13.8. The standard InChI is InChI=1S/C13H9Cl2FN2O/c14-9-1-2-10(15)8(5-9)6-13(19)18-12-3-4-17-7-11(12)16/h1-5,7H,6H2,(H,17,18,19). The molecule has 0 saturated heterocycles. The van der Waals surface area contributed by atoms with Crippen molar-refractivity contribution in [2.24, 2.45) is 0 Å². The number of anilines is 1. The Hall–Kier alpha value is -1.65. The third-order valence-corrected chi connectivity index (χ3v) is 3.01. The average molecular weight is 299 g/mol. The molecule has 98 valence electrons. The van der Waals surface area contributed by atoms with Gasteiger partial charge < -0.3 is 5.32 Å². The zero-order valence-electron chi connectivity index (χ0n) is 9.66. The van der Waals surface area contributed by atoms with Crippen molar-refractivity contribution < 1.29 is 9.18 Å². The second-order valence-corrected chi connectivity index (χ2v) is 4.66. The van der Waals surface area contributed by atoms with E-state index in [-0.39, 0.29) is 18.0 Å². The number of nitrogens with zero attached hydrogens (tertiary/aromatic N) is 1. The van der Waals surface area contributed by atoms with Gasteiger partial charge in [-0.2, -0.15) is 0 Å². The van der Waals surface area contributed by atoms with Crippen molar-refractivity contribution in [3.05, 3.63) is 58.1 Å². The first-order chi connectivity index (χ1) is 9.06. The smallest absolute Gasteiger partial charge is 0.228 e. The number of rotatable bonds is 3. The van der Waals surface area contributed by atoms with E-state index < -0.39 is 5.82 Å². The van der Waals surface area contributed by atoms with E-state index in [9.17, 15) is 9.18 Å². The zero-order chi connectivity index (χ0) is 13.8. The lowest BCUT2D eigenvalue weighted by molar-refractivity contribution is -0.115. The topological polar surface area (TPSA) is 42.0 Å². The predicted octanol–water partition coefficient (Wildman–Crippen LogP) is 3.71. The van der Waals surface area contributed by atoms with Gasteiger partial charge in [0.05, 0.1) is 18.3 Å². The molecule has 1 amide bonds. The fourth-order valence-electron chi connectivity index (χ4n) is 1.52. The van der Waals surface area contributed by atoms with Crippen molar-refractivity contribution in [3.8, 4) is 0 Å². The highest BCUT2D eigenvalue weighted by atomic mass is 35.5. The van der Waals surface area contributed by atoms with Crippen LogP contribution in [-0.4, -0.2) is 10.9 Å². The van der Waals surface area contributed by atoms with Crippen molar-refractivity contribution >= 4 is 34.8 Å². The molecule has 1 heterocycles. The lowest BCUT2D eigenvalue weighted by Gasteiger charge is -2.07. The second-order valence-electron chi connectivity index (χ2n) is 3.82. The second kappa shape index (κ2) is 5.99. The first-order valence-corrected chi connectivity index (χ1v) is 6.15. The Morgan fingerprint density at radius 3 is 2.84 bits per heavy atom. The largest absolute Gasteiger partial charge is 0.323 e. The molecule has 0 atom stereocenters. The third-order valence-electron chi connectivity index (χ3n) is 2.41. The number of carbonyl (C=O) groups excluding carboxylic acids is 1. The summed E-state index contributed by atoms with van der Waals surface area (Å²) in [5, 5.41) is 3.38. The highest BCUT2D eigenvalue weighted by molar-refractivity contribution is 6.33. The number of amides is 1. The normalized spacial score (nSPS) is 10.3. The van der Waals surface area contributed by atoms with Crippen LogP contribution in [0.3, 0.4) is 0 Å². The molecule has 0 radical (unpaired) electrons. The number of hydrogen-bond acceptors (Lipinski definition) is 2. The molecule has 0 fully saturated rings. The van der Waals surface area contributed by atoms with Gasteiger partial charge in [0.2, 0.25) is 5.91 Å². The number of carbonyl (C=O) groups is 1. The van der Waals surface area contributed by atoms with E-state index in [2.05, 4.69) is 10.3 Å². The molecule has 2 aromatic rings. The predicted molar refractivity (Wildman–Crippen MR) is 73.0 cm³/mol. The number of nitrogens with one attached hydrogen (secondary N) is 1. The van der Waals surface area contributed by atoms with Gasteiger partial charge in [-0.3, -0.25) is 9.78 Å². The minimum atomic E-state index is -0.590. The Morgan fingerprint density at radius 2 is 2.11 bits per heavy atom. The van der Waals surface area contributed by atoms with Gasteiger partial charge in [-0.05, 0) is 29.8 Å². The van der Waals surface area contributed by atoms with Crippen LogP contribution in [0.2, 0.25) is 10.0 Å². The summed E-state index contributed by atoms with van der Waals surface area (Å²) in [5.74, 6) is -0.970. The number of benzene rings is 1. The average Bonchev–Trinajstić information content (AvgIpc) is 2.37. The summed E-state index contributed by atoms with van der Waals surface area (Å²) in [6, 6.07) is 6.23. The number of hydrogen-bond donors (Lipinski definition) is 1. The number of aromatic nitrogens is 1. The molecular weight excluding hydrogens is 290 g/mol. The summed E-state index contributed by atoms with van der Waals surface area (Å²) in [5.41, 5.74) is 0.666. The molecule has 1 aromatic heterocycles. The Kier molecular flexibility index (Phi) is 4.35. The Balaban J connectivity index is 2.10. The van der Waals surface area contributed by atoms with Crippen molar-refractivity contribution in [1.29, 1.82) is 0 Å². The van der Waals surface area contributed by atoms with E-state index in [1.165, 1.54) is 12.3 Å². The van der Waals surface area contributed by atoms with Crippen LogP contribution in [0.5, 0.6) is 0 Å². The molecule has 0 saturated carbocycles. The third kappa shape index (κ3) is 3.66. The van der Waals surface area contributed by atoms with Crippen LogP contribution in [0.1, 0.15) is 5.56 Å². The first-order valence-electron chi connectivity index (χ1n) is 5.39. The number of halogens is 3. The number of pyridine rings is 1. The molecule has 0 bridgehead atoms. The van der Waals surface area contributed by atoms with Crippen molar-refractivity contribution in [2.75, 3.05) is 5.32 Å². The van der Waals surface area contributed by atoms with Crippen LogP contribution in [0.4, 0.5) is 10.1 Å². The van der Waals surface area contributed by atoms with Gasteiger partial charge in [-0.1, -0.05) is 23.2 Å². The fraction of sp³-hybridized carbons (Fsp3) is 0.0769. The minimum absolute atomic E-state index is 0.0150. The van der Waals surface area contributed by atoms with E-state index in [0.29, 0.717) is 15.6 Å². The van der Waals surface area contributed by atoms with E-state index in [0.717, 1.165) is 6.20 Å². The maximum Gasteiger partial charge on any atom is 0.228 e. The fourth-order valence-corrected chi connectivity index (χ4v) is 1.90. The maximum atomic E-state index is 13.3. The van der Waals surface area contributed by atoms with Gasteiger partial charge >= 0.3 is 0 Å². The molecule has 0 spiro atoms. The van der Waals surface area contributed by atoms with Gasteiger partial charge in [0.15, 0.2) is 5.82 Å². The zero-order valence-corrected chi connectivity index (χ0v) is 11.2. The van der Waals surface area contributed by atoms with Crippen LogP contribution < -0.4 is 5.32 Å². The molecule has 6 heteroatoms. The Morgan fingerprint density at radius 1 is 1.32 bits per heavy atom. The molecule has 0 aliphatic rings. The molecule has 2 rings (SSSR count). The summed E-state index contributed by atoms with van der Waals surface area (Å²) >= 11 is 11.8. The van der Waals surface area contributed by atoms with Gasteiger partial charge in [0.25, 0.3) is 0 Å². The quantitative estimate of drug-likeness (QED) is 0.938. The van der Waals surface area contributed by atoms with Gasteiger partial charge in [-0.15, -0.1) is 0 Å². The minimum Gasteiger partial charge on any atom is -0.323 e. The SMILES string of the molecule is O=C(Cc1cc(Cl)ccc1Cl)Nc1ccncc1F. The summed E-state index contributed by atoms with van der Waals surface area (Å²) in [6.45, 7) is 0. The monoisotopic (exact) mass is 298 g/mol. The lowest BCUT2D eigenvalue weighted by Crippen LogP contribution is -2.15. The molecule has 1 N–H and O–H groups in total. The van der Waals surface area contributed by atoms with Crippen LogP contribution >= 0.6 is 23.2 Å². The molecule has 0 unspecified atom stereocenters. The lowest BCUT2D eigenvalue weighted by atomic mass is 10.1. The van der Waals surface area contributed by atoms with E-state index >= 15 is 0 Å². The molecule has 1 aromatic carbocycles. The molecule has 0 aliphatic carbocycles. The van der Waals surface area contributed by atoms with Crippen molar-refractivity contribution in [2.45, 2.75) is 6.42 Å². The van der Waals surface area contributed by atoms with Crippen LogP contribution in [0.25, 0.3) is 0 Å². The van der Waals surface area contributed by atoms with Gasteiger partial charge in [0.1, 0.15) is 0 Å². The van der Waals surface area contributed by atoms with Crippen LogP contribution in [0.15, 0.2) is 36.7 Å². The van der Waals surface area contributed by atoms with E-state index in [4.69, 9.17) is 23.2 Å². The van der Waals surface area contributed by atoms with Crippen LogP contribution in [0, 0.1) is 5.82 Å². The van der Waals surface area contributed by atoms with E-state index in [1.807, 2.05) is 0 Å². The molecule has 0 aliphatic heterocycles. The van der Waals surface area contributed by atoms with Gasteiger partial charge in [0, 0.05) is 16.2 Å². The highest BCUT2D eigenvalue weighted by Gasteiger charge is 2.10. The molecule has 19 heavy (non-hydrogen) atoms. The Bertz CT molecular complexity index is 619. The molecular formula is C13H9Cl2FN2O. The van der Waals surface area contributed by atoms with Crippen molar-refractivity contribution in [3.63, 3.8) is 0 Å². The maximum absolute atomic E-state index is 13.3. The Labute approximate surface area is 119 Å². The van der Waals surface area contributed by atoms with Crippen LogP contribution in [-0.2, 0) is 11.2 Å². The summed E-state index contributed by atoms with van der Waals surface area (Å²) in [4.78, 5) is 15.4. The van der Waals surface area contributed by atoms with E-state index in [1.54, 1.807) is 18.2 Å². The van der Waals surface area contributed by atoms with Crippen molar-refractivity contribution in [1.82, 2.24) is 4.98 Å². The summed E-state index contributed by atoms with van der Waals surface area (Å²) < 4.78 is 13.3. The van der Waals surface area contributed by atoms with Gasteiger partial charge in [-0.25, -0.2) is 4.39 Å². The highest BCUT2D eigenvalue weighted by Crippen LogP contribution is 2.21. The summed E-state index contributed by atoms with van der Waals surface area (Å²) in [6.07, 6.45) is 2.44. The summed E-state index contributed by atoms with van der Waals surface area (Å²) in [7, 11) is 0.